The molecule has 0 saturated carbocycles. The lowest BCUT2D eigenvalue weighted by Gasteiger charge is -2.19. The molecule has 8 nitrogen and oxygen atoms in total. The highest BCUT2D eigenvalue weighted by atomic mass is 16.2. The first-order chi connectivity index (χ1) is 13.8. The van der Waals surface area contributed by atoms with Gasteiger partial charge in [-0.25, -0.2) is 9.36 Å². The fourth-order valence-electron chi connectivity index (χ4n) is 3.12. The monoisotopic (exact) mass is 393 g/mol. The van der Waals surface area contributed by atoms with E-state index in [1.807, 2.05) is 42.5 Å². The summed E-state index contributed by atoms with van der Waals surface area (Å²) in [6.07, 6.45) is 0. The highest BCUT2D eigenvalue weighted by Gasteiger charge is 2.19. The molecule has 3 rings (SSSR count). The van der Waals surface area contributed by atoms with Crippen molar-refractivity contribution < 1.29 is 4.79 Å². The predicted molar refractivity (Wildman–Crippen MR) is 115 cm³/mol. The second-order valence-corrected chi connectivity index (χ2v) is 6.82. The van der Waals surface area contributed by atoms with Crippen LogP contribution in [0.5, 0.6) is 0 Å². The van der Waals surface area contributed by atoms with E-state index in [0.717, 1.165) is 20.3 Å². The Balaban J connectivity index is 1.94. The largest absolute Gasteiger partial charge is 0.383 e. The second-order valence-electron chi connectivity index (χ2n) is 6.82. The minimum atomic E-state index is -0.649. The maximum atomic E-state index is 12.7. The van der Waals surface area contributed by atoms with Crippen LogP contribution in [0.25, 0.3) is 11.1 Å². The Labute approximate surface area is 167 Å². The summed E-state index contributed by atoms with van der Waals surface area (Å²) in [6, 6.07) is 17.0. The molecule has 1 heterocycles. The van der Waals surface area contributed by atoms with E-state index >= 15 is 0 Å². The van der Waals surface area contributed by atoms with Crippen LogP contribution in [0.1, 0.15) is 0 Å². The van der Waals surface area contributed by atoms with Crippen molar-refractivity contribution in [2.24, 2.45) is 7.05 Å². The van der Waals surface area contributed by atoms with Crippen molar-refractivity contribution in [2.45, 2.75) is 6.54 Å². The van der Waals surface area contributed by atoms with Gasteiger partial charge in [0, 0.05) is 32.4 Å². The van der Waals surface area contributed by atoms with Gasteiger partial charge in [-0.15, -0.1) is 0 Å². The number of carbonyl (C=O) groups excluding carboxylic acids is 1. The third kappa shape index (κ3) is 3.91. The molecule has 0 unspecified atom stereocenters. The molecular weight excluding hydrogens is 370 g/mol. The smallest absolute Gasteiger partial charge is 0.332 e. The molecule has 2 aromatic carbocycles. The number of nitrogens with zero attached hydrogens (tertiary/aromatic N) is 3. The first-order valence-corrected chi connectivity index (χ1v) is 9.02. The van der Waals surface area contributed by atoms with Crippen LogP contribution in [-0.4, -0.2) is 29.1 Å². The molecule has 0 aliphatic heterocycles. The number of carbonyl (C=O) groups is 1. The number of nitrogens with one attached hydrogen (secondary N) is 1. The van der Waals surface area contributed by atoms with Crippen molar-refractivity contribution in [3.63, 3.8) is 0 Å². The molecule has 3 aromatic rings. The summed E-state index contributed by atoms with van der Waals surface area (Å²) in [5.74, 6) is -0.432. The number of amides is 1. The molecule has 1 aromatic heterocycles. The van der Waals surface area contributed by atoms with E-state index in [0.29, 0.717) is 5.69 Å². The van der Waals surface area contributed by atoms with Gasteiger partial charge < -0.3 is 16.0 Å². The van der Waals surface area contributed by atoms with E-state index in [1.54, 1.807) is 26.2 Å². The lowest BCUT2D eigenvalue weighted by molar-refractivity contribution is -0.116. The topological polar surface area (TPSA) is 102 Å². The highest BCUT2D eigenvalue weighted by molar-refractivity contribution is 5.95. The number of anilines is 3. The van der Waals surface area contributed by atoms with Gasteiger partial charge in [0.1, 0.15) is 18.1 Å². The molecule has 0 atom stereocenters. The van der Waals surface area contributed by atoms with Crippen LogP contribution in [0.2, 0.25) is 0 Å². The summed E-state index contributed by atoms with van der Waals surface area (Å²) in [4.78, 5) is 39.4. The third-order valence-electron chi connectivity index (χ3n) is 4.60. The molecule has 8 heteroatoms. The molecule has 0 aliphatic carbocycles. The molecular formula is C21H23N5O3. The van der Waals surface area contributed by atoms with E-state index in [4.69, 9.17) is 5.73 Å². The van der Waals surface area contributed by atoms with Gasteiger partial charge in [-0.1, -0.05) is 48.5 Å². The lowest BCUT2D eigenvalue weighted by Crippen LogP contribution is -2.44. The van der Waals surface area contributed by atoms with E-state index in [-0.39, 0.29) is 11.5 Å². The van der Waals surface area contributed by atoms with Gasteiger partial charge in [-0.05, 0) is 11.6 Å². The summed E-state index contributed by atoms with van der Waals surface area (Å²) in [7, 11) is 4.76. The average Bonchev–Trinajstić information content (AvgIpc) is 2.70. The number of rotatable bonds is 5. The number of nitrogens with two attached hydrogens (primary N) is 1. The Morgan fingerprint density at radius 2 is 1.66 bits per heavy atom. The van der Waals surface area contributed by atoms with Gasteiger partial charge in [0.25, 0.3) is 5.56 Å². The van der Waals surface area contributed by atoms with Crippen LogP contribution < -0.4 is 27.2 Å². The Kier molecular flexibility index (Phi) is 5.54. The average molecular weight is 393 g/mol. The zero-order chi connectivity index (χ0) is 21.1. The fourth-order valence-corrected chi connectivity index (χ4v) is 3.12. The van der Waals surface area contributed by atoms with Crippen molar-refractivity contribution in [1.29, 1.82) is 0 Å². The summed E-state index contributed by atoms with van der Waals surface area (Å²) >= 11 is 0. The first-order valence-electron chi connectivity index (χ1n) is 9.02. The number of hydrogen-bond donors (Lipinski definition) is 2. The number of aromatic nitrogens is 2. The van der Waals surface area contributed by atoms with Gasteiger partial charge >= 0.3 is 5.69 Å². The molecule has 0 bridgehead atoms. The Hall–Kier alpha value is -3.81. The Morgan fingerprint density at radius 3 is 2.31 bits per heavy atom. The number of hydrogen-bond acceptors (Lipinski definition) is 5. The van der Waals surface area contributed by atoms with Crippen molar-refractivity contribution in [2.75, 3.05) is 30.0 Å². The van der Waals surface area contributed by atoms with Crippen molar-refractivity contribution >= 4 is 23.1 Å². The Morgan fingerprint density at radius 1 is 1.03 bits per heavy atom. The van der Waals surface area contributed by atoms with Crippen LogP contribution in [0.4, 0.5) is 17.2 Å². The molecule has 1 amide bonds. The number of para-hydroxylation sites is 1. The lowest BCUT2D eigenvalue weighted by atomic mass is 10.0. The summed E-state index contributed by atoms with van der Waals surface area (Å²) in [5.41, 5.74) is 7.18. The van der Waals surface area contributed by atoms with Crippen molar-refractivity contribution in [3.8, 4) is 11.1 Å². The fraction of sp³-hybridized carbons (Fsp3) is 0.190. The SMILES string of the molecule is CN(C)c1c(N)n(C)c(=O)n(CC(=O)Nc2ccccc2-c2ccccc2)c1=O. The maximum absolute atomic E-state index is 12.7. The van der Waals surface area contributed by atoms with E-state index in [9.17, 15) is 14.4 Å². The van der Waals surface area contributed by atoms with Gasteiger partial charge in [0.2, 0.25) is 5.91 Å². The van der Waals surface area contributed by atoms with Gasteiger partial charge in [0.15, 0.2) is 0 Å². The van der Waals surface area contributed by atoms with E-state index in [1.165, 1.54) is 11.9 Å². The van der Waals surface area contributed by atoms with E-state index < -0.39 is 23.7 Å². The molecule has 0 fully saturated rings. The normalized spacial score (nSPS) is 10.6. The number of benzene rings is 2. The molecule has 0 radical (unpaired) electrons. The van der Waals surface area contributed by atoms with Crippen LogP contribution >= 0.6 is 0 Å². The molecule has 150 valence electrons. The van der Waals surface area contributed by atoms with Gasteiger partial charge in [0.05, 0.1) is 0 Å². The summed E-state index contributed by atoms with van der Waals surface area (Å²) in [6.45, 7) is -0.421. The summed E-state index contributed by atoms with van der Waals surface area (Å²) < 4.78 is 2.04. The van der Waals surface area contributed by atoms with Crippen molar-refractivity contribution in [1.82, 2.24) is 9.13 Å². The summed E-state index contributed by atoms with van der Waals surface area (Å²) in [5, 5.41) is 2.80. The van der Waals surface area contributed by atoms with Crippen LogP contribution in [0, 0.1) is 0 Å². The maximum Gasteiger partial charge on any atom is 0.332 e. The Bertz CT molecular complexity index is 1160. The zero-order valence-electron chi connectivity index (χ0n) is 16.5. The molecule has 0 spiro atoms. The van der Waals surface area contributed by atoms with Crippen molar-refractivity contribution in [3.05, 3.63) is 75.4 Å². The first kappa shape index (κ1) is 19.9. The van der Waals surface area contributed by atoms with E-state index in [2.05, 4.69) is 5.32 Å². The highest BCUT2D eigenvalue weighted by Crippen LogP contribution is 2.27. The van der Waals surface area contributed by atoms with Crippen LogP contribution in [0.3, 0.4) is 0 Å². The molecule has 29 heavy (non-hydrogen) atoms. The van der Waals surface area contributed by atoms with Gasteiger partial charge in [-0.2, -0.15) is 0 Å². The van der Waals surface area contributed by atoms with Gasteiger partial charge in [-0.3, -0.25) is 14.2 Å². The minimum Gasteiger partial charge on any atom is -0.383 e. The second kappa shape index (κ2) is 8.05. The third-order valence-corrected chi connectivity index (χ3v) is 4.60. The van der Waals surface area contributed by atoms with Crippen LogP contribution in [-0.2, 0) is 18.4 Å². The quantitative estimate of drug-likeness (QED) is 0.684. The molecule has 0 saturated heterocycles. The zero-order valence-corrected chi connectivity index (χ0v) is 16.5. The number of nitrogen functional groups attached to an aromatic ring is 1. The van der Waals surface area contributed by atoms with Crippen LogP contribution in [0.15, 0.2) is 64.2 Å². The minimum absolute atomic E-state index is 0.0519. The standard InChI is InChI=1S/C21H23N5O3/c1-24(2)18-19(22)25(3)21(29)26(20(18)28)13-17(27)23-16-12-8-7-11-15(16)14-9-5-4-6-10-14/h4-12H,13,22H2,1-3H3,(H,23,27). The predicted octanol–water partition coefficient (Wildman–Crippen LogP) is 1.50. The molecule has 3 N–H and O–H groups in total. The molecule has 0 aliphatic rings.